The van der Waals surface area contributed by atoms with E-state index in [1.165, 1.54) is 22.7 Å². The highest BCUT2D eigenvalue weighted by atomic mass is 32.1. The summed E-state index contributed by atoms with van der Waals surface area (Å²) in [6.07, 6.45) is 3.47. The number of rotatable bonds is 2. The summed E-state index contributed by atoms with van der Waals surface area (Å²) in [6, 6.07) is 39.9. The van der Waals surface area contributed by atoms with Crippen LogP contribution in [0.3, 0.4) is 0 Å². The second-order valence-corrected chi connectivity index (χ2v) is 20.3. The Hall–Kier alpha value is -7.26. The van der Waals surface area contributed by atoms with Gasteiger partial charge in [-0.3, -0.25) is 19.2 Å². The average Bonchev–Trinajstić information content (AvgIpc) is 4.02. The number of ketones is 4. The molecule has 0 amide bonds. The van der Waals surface area contributed by atoms with Crippen molar-refractivity contribution in [2.24, 2.45) is 0 Å². The van der Waals surface area contributed by atoms with Gasteiger partial charge in [0, 0.05) is 64.0 Å². The van der Waals surface area contributed by atoms with Gasteiger partial charge in [-0.1, -0.05) is 48.5 Å². The predicted molar refractivity (Wildman–Crippen MR) is 257 cm³/mol. The molecule has 0 fully saturated rings. The zero-order valence-electron chi connectivity index (χ0n) is 35.0. The Morgan fingerprint density at radius 1 is 0.391 bits per heavy atom. The van der Waals surface area contributed by atoms with E-state index in [0.717, 1.165) is 84.9 Å². The minimum absolute atomic E-state index is 0.158. The molecule has 7 aromatic carbocycles. The number of hydrogen-bond acceptors (Lipinski definition) is 8. The number of carbonyl (C=O) groups excluding carboxylic acids is 4. The number of ether oxygens (including phenoxy) is 2. The maximum absolute atomic E-state index is 13.9. The van der Waals surface area contributed by atoms with E-state index in [1.54, 1.807) is 12.2 Å². The molecule has 0 atom stereocenters. The monoisotopic (exact) mass is 866 g/mol. The maximum atomic E-state index is 13.9. The van der Waals surface area contributed by atoms with Crippen LogP contribution < -0.4 is 9.47 Å². The van der Waals surface area contributed by atoms with E-state index in [1.807, 2.05) is 125 Å². The van der Waals surface area contributed by atoms with Crippen LogP contribution in [0.1, 0.15) is 90.0 Å². The molecule has 8 heteroatoms. The van der Waals surface area contributed by atoms with Crippen molar-refractivity contribution < 1.29 is 28.7 Å². The van der Waals surface area contributed by atoms with Crippen molar-refractivity contribution in [2.75, 3.05) is 0 Å². The SMILES string of the molecule is CC1(C)Oc2cc3c(cc2-c2sc(C=C4C(=O)c5cc6cc7ccccc7cc6cc5C4=O)cc21)OC(C)(C)c1cc(C=C2C(=O)c4cc5cc6ccccc6cc5cc4C2=O)sc1-3. The molecule has 306 valence electrons. The number of hydrogen-bond donors (Lipinski definition) is 0. The predicted octanol–water partition coefficient (Wildman–Crippen LogP) is 13.9. The van der Waals surface area contributed by atoms with Crippen LogP contribution in [0.4, 0.5) is 0 Å². The van der Waals surface area contributed by atoms with Gasteiger partial charge < -0.3 is 9.47 Å². The topological polar surface area (TPSA) is 86.7 Å². The van der Waals surface area contributed by atoms with Gasteiger partial charge in [-0.2, -0.15) is 0 Å². The van der Waals surface area contributed by atoms with Crippen LogP contribution in [0.25, 0.3) is 76.1 Å². The first kappa shape index (κ1) is 37.3. The maximum Gasteiger partial charge on any atom is 0.197 e. The van der Waals surface area contributed by atoms with Crippen molar-refractivity contribution in [1.82, 2.24) is 0 Å². The molecule has 0 N–H and O–H groups in total. The third-order valence-electron chi connectivity index (χ3n) is 13.3. The van der Waals surface area contributed by atoms with Crippen LogP contribution in [-0.4, -0.2) is 23.1 Å². The van der Waals surface area contributed by atoms with E-state index in [4.69, 9.17) is 9.47 Å². The molecular formula is C56H34O6S2. The molecule has 0 unspecified atom stereocenters. The highest BCUT2D eigenvalue weighted by Gasteiger charge is 2.41. The van der Waals surface area contributed by atoms with Gasteiger partial charge >= 0.3 is 0 Å². The first-order chi connectivity index (χ1) is 30.8. The third-order valence-corrected chi connectivity index (χ3v) is 15.5. The second kappa shape index (κ2) is 12.7. The van der Waals surface area contributed by atoms with Gasteiger partial charge in [-0.25, -0.2) is 0 Å². The molecule has 64 heavy (non-hydrogen) atoms. The number of allylic oxidation sites excluding steroid dienone is 2. The van der Waals surface area contributed by atoms with Gasteiger partial charge in [0.1, 0.15) is 22.7 Å². The van der Waals surface area contributed by atoms with Gasteiger partial charge in [-0.15, -0.1) is 22.7 Å². The fourth-order valence-electron chi connectivity index (χ4n) is 10.1. The van der Waals surface area contributed by atoms with E-state index in [9.17, 15) is 19.2 Å². The molecule has 4 aliphatic rings. The lowest BCUT2D eigenvalue weighted by atomic mass is 9.88. The number of Topliss-reactive ketones (excluding diaryl/α,β-unsaturated/α-hetero) is 4. The van der Waals surface area contributed by atoms with Gasteiger partial charge in [0.2, 0.25) is 0 Å². The zero-order valence-corrected chi connectivity index (χ0v) is 36.6. The molecule has 0 saturated carbocycles. The Balaban J connectivity index is 0.856. The lowest BCUT2D eigenvalue weighted by Gasteiger charge is -2.36. The van der Waals surface area contributed by atoms with Crippen LogP contribution in [0.2, 0.25) is 0 Å². The lowest BCUT2D eigenvalue weighted by Crippen LogP contribution is -2.30. The summed E-state index contributed by atoms with van der Waals surface area (Å²) in [5.74, 6) is 0.316. The summed E-state index contributed by atoms with van der Waals surface area (Å²) in [5, 5.41) is 8.00. The Labute approximate surface area is 374 Å². The highest BCUT2D eigenvalue weighted by Crippen LogP contribution is 2.57. The fraction of sp³-hybridized carbons (Fsp3) is 0.107. The first-order valence-electron chi connectivity index (χ1n) is 21.2. The molecule has 9 aromatic rings. The van der Waals surface area contributed by atoms with Crippen LogP contribution in [0.5, 0.6) is 11.5 Å². The summed E-state index contributed by atoms with van der Waals surface area (Å²) in [5.41, 5.74) is 4.24. The highest BCUT2D eigenvalue weighted by molar-refractivity contribution is 7.17. The largest absolute Gasteiger partial charge is 0.482 e. The molecule has 2 aliphatic carbocycles. The Morgan fingerprint density at radius 2 is 0.703 bits per heavy atom. The third kappa shape index (κ3) is 5.30. The molecule has 0 saturated heterocycles. The molecule has 13 rings (SSSR count). The summed E-state index contributed by atoms with van der Waals surface area (Å²) < 4.78 is 13.5. The van der Waals surface area contributed by atoms with E-state index < -0.39 is 11.2 Å². The van der Waals surface area contributed by atoms with Gasteiger partial charge in [0.15, 0.2) is 23.1 Å². The molecule has 6 nitrogen and oxygen atoms in total. The number of benzene rings is 7. The van der Waals surface area contributed by atoms with E-state index >= 15 is 0 Å². The van der Waals surface area contributed by atoms with Crippen molar-refractivity contribution in [1.29, 1.82) is 0 Å². The van der Waals surface area contributed by atoms with Crippen LogP contribution >= 0.6 is 22.7 Å². The van der Waals surface area contributed by atoms with Crippen molar-refractivity contribution in [3.05, 3.63) is 176 Å². The van der Waals surface area contributed by atoms with Crippen molar-refractivity contribution in [2.45, 2.75) is 38.9 Å². The van der Waals surface area contributed by atoms with Crippen molar-refractivity contribution in [3.63, 3.8) is 0 Å². The van der Waals surface area contributed by atoms with Crippen LogP contribution in [0.15, 0.2) is 132 Å². The minimum Gasteiger partial charge on any atom is -0.482 e. The number of fused-ring (bicyclic) bond motifs is 12. The zero-order chi connectivity index (χ0) is 43.6. The van der Waals surface area contributed by atoms with Gasteiger partial charge in [-0.05, 0) is 156 Å². The van der Waals surface area contributed by atoms with Crippen LogP contribution in [0, 0.1) is 0 Å². The molecular weight excluding hydrogens is 833 g/mol. The molecule has 0 spiro atoms. The Bertz CT molecular complexity index is 3410. The minimum atomic E-state index is -0.728. The molecule has 2 aromatic heterocycles. The average molecular weight is 867 g/mol. The summed E-state index contributed by atoms with van der Waals surface area (Å²) in [6.45, 7) is 8.09. The quantitative estimate of drug-likeness (QED) is 0.0977. The first-order valence-corrected chi connectivity index (χ1v) is 22.8. The number of thiophene rings is 2. The van der Waals surface area contributed by atoms with Gasteiger partial charge in [0.25, 0.3) is 0 Å². The summed E-state index contributed by atoms with van der Waals surface area (Å²) in [7, 11) is 0. The number of carbonyl (C=O) groups is 4. The van der Waals surface area contributed by atoms with Crippen LogP contribution in [-0.2, 0) is 11.2 Å². The van der Waals surface area contributed by atoms with E-state index in [2.05, 4.69) is 24.3 Å². The Kier molecular flexibility index (Phi) is 7.40. The van der Waals surface area contributed by atoms with Gasteiger partial charge in [0.05, 0.1) is 11.1 Å². The smallest absolute Gasteiger partial charge is 0.197 e. The van der Waals surface area contributed by atoms with E-state index in [0.29, 0.717) is 33.8 Å². The molecule has 0 radical (unpaired) electrons. The van der Waals surface area contributed by atoms with Crippen molar-refractivity contribution in [3.8, 4) is 32.4 Å². The summed E-state index contributed by atoms with van der Waals surface area (Å²) in [4.78, 5) is 59.2. The van der Waals surface area contributed by atoms with E-state index in [-0.39, 0.29) is 34.3 Å². The van der Waals surface area contributed by atoms with Crippen molar-refractivity contribution >= 4 is 101 Å². The fourth-order valence-corrected chi connectivity index (χ4v) is 12.6. The lowest BCUT2D eigenvalue weighted by molar-refractivity contribution is 0.0975. The molecule has 0 bridgehead atoms. The molecule has 4 heterocycles. The Morgan fingerprint density at radius 3 is 1.02 bits per heavy atom. The normalized spacial score (nSPS) is 16.4. The molecule has 2 aliphatic heterocycles. The second-order valence-electron chi connectivity index (χ2n) is 18.2. The standard InChI is InChI=1S/C56H34O6S2/c1-55(2)45-23-35(21-43-49(57)37-17-31-13-27-9-5-6-10-28(27)14-32(31)18-38(37)50(43)58)63-53(45)41-26-48-42(25-47(41)61-55)54-46(56(3,4)62-48)24-36(64-54)22-44-51(59)39-19-33-15-29-11-7-8-12-30(29)16-34(33)20-40(39)52(44)60/h5-26H,1-4H3. The summed E-state index contributed by atoms with van der Waals surface area (Å²) >= 11 is 3.05.